The van der Waals surface area contributed by atoms with Crippen molar-refractivity contribution in [2.75, 3.05) is 0 Å². The van der Waals surface area contributed by atoms with Crippen molar-refractivity contribution in [3.8, 4) is 11.5 Å². The standard InChI is InChI=1S/C23H30O4/c1-15(2)8-6-9-16(3)10-7-12-23(5)13-11-18-19(27-23)14-17(4)20(21(18)24)22(25)26/h8,10-11,13-14,24H,6-7,9,12H2,1-5H3,(H,25,26)/b16-10-/t23-/m0/s1. The first-order valence-corrected chi connectivity index (χ1v) is 9.40. The molecule has 146 valence electrons. The van der Waals surface area contributed by atoms with Crippen LogP contribution < -0.4 is 4.74 Å². The number of carboxylic acids is 1. The van der Waals surface area contributed by atoms with Gasteiger partial charge in [-0.1, -0.05) is 23.3 Å². The molecule has 0 radical (unpaired) electrons. The van der Waals surface area contributed by atoms with Crippen molar-refractivity contribution in [3.05, 3.63) is 52.1 Å². The molecule has 27 heavy (non-hydrogen) atoms. The van der Waals surface area contributed by atoms with Crippen molar-refractivity contribution >= 4 is 12.0 Å². The van der Waals surface area contributed by atoms with E-state index in [9.17, 15) is 15.0 Å². The van der Waals surface area contributed by atoms with Crippen LogP contribution in [0.4, 0.5) is 0 Å². The fourth-order valence-corrected chi connectivity index (χ4v) is 3.28. The van der Waals surface area contributed by atoms with Gasteiger partial charge in [-0.25, -0.2) is 4.79 Å². The minimum Gasteiger partial charge on any atom is -0.506 e. The second-order valence-corrected chi connectivity index (χ2v) is 7.79. The van der Waals surface area contributed by atoms with Crippen molar-refractivity contribution in [1.29, 1.82) is 0 Å². The number of benzene rings is 1. The molecule has 0 bridgehead atoms. The van der Waals surface area contributed by atoms with E-state index in [-0.39, 0.29) is 11.3 Å². The number of allylic oxidation sites excluding steroid dienone is 4. The molecule has 2 N–H and O–H groups in total. The number of ether oxygens (including phenoxy) is 1. The lowest BCUT2D eigenvalue weighted by molar-refractivity contribution is 0.0692. The molecular formula is C23H30O4. The highest BCUT2D eigenvalue weighted by atomic mass is 16.5. The van der Waals surface area contributed by atoms with Gasteiger partial charge in [-0.05, 0) is 84.1 Å². The Hall–Kier alpha value is -2.49. The molecule has 0 saturated carbocycles. The number of aromatic carboxylic acids is 1. The second kappa shape index (κ2) is 8.47. The van der Waals surface area contributed by atoms with Gasteiger partial charge in [0, 0.05) is 0 Å². The maximum Gasteiger partial charge on any atom is 0.339 e. The first kappa shape index (κ1) is 20.8. The number of hydrogen-bond acceptors (Lipinski definition) is 3. The topological polar surface area (TPSA) is 66.8 Å². The summed E-state index contributed by atoms with van der Waals surface area (Å²) < 4.78 is 6.13. The zero-order valence-corrected chi connectivity index (χ0v) is 16.9. The molecule has 1 aromatic rings. The summed E-state index contributed by atoms with van der Waals surface area (Å²) >= 11 is 0. The van der Waals surface area contributed by atoms with Crippen molar-refractivity contribution in [2.45, 2.75) is 65.9 Å². The first-order valence-electron chi connectivity index (χ1n) is 9.40. The minimum atomic E-state index is -1.14. The highest BCUT2D eigenvalue weighted by molar-refractivity contribution is 5.95. The van der Waals surface area contributed by atoms with E-state index < -0.39 is 11.6 Å². The highest BCUT2D eigenvalue weighted by Gasteiger charge is 2.30. The zero-order chi connectivity index (χ0) is 20.2. The predicted molar refractivity (Wildman–Crippen MR) is 110 cm³/mol. The second-order valence-electron chi connectivity index (χ2n) is 7.79. The Balaban J connectivity index is 2.07. The van der Waals surface area contributed by atoms with E-state index in [1.54, 1.807) is 19.1 Å². The van der Waals surface area contributed by atoms with Crippen LogP contribution in [0.1, 0.15) is 74.9 Å². The van der Waals surface area contributed by atoms with Gasteiger partial charge in [0.2, 0.25) is 0 Å². The van der Waals surface area contributed by atoms with Gasteiger partial charge >= 0.3 is 5.97 Å². The quantitative estimate of drug-likeness (QED) is 0.575. The molecular weight excluding hydrogens is 340 g/mol. The summed E-state index contributed by atoms with van der Waals surface area (Å²) in [7, 11) is 0. The molecule has 4 heteroatoms. The summed E-state index contributed by atoms with van der Waals surface area (Å²) in [6.07, 6.45) is 12.0. The molecule has 1 aliphatic heterocycles. The molecule has 1 atom stereocenters. The van der Waals surface area contributed by atoms with Gasteiger partial charge in [0.15, 0.2) is 0 Å². The number of aryl methyl sites for hydroxylation is 1. The van der Waals surface area contributed by atoms with Crippen LogP contribution in [0.5, 0.6) is 11.5 Å². The van der Waals surface area contributed by atoms with Crippen molar-refractivity contribution in [3.63, 3.8) is 0 Å². The third-order valence-electron chi connectivity index (χ3n) is 4.88. The average Bonchev–Trinajstić information content (AvgIpc) is 2.53. The molecule has 0 spiro atoms. The van der Waals surface area contributed by atoms with Gasteiger partial charge in [-0.15, -0.1) is 0 Å². The predicted octanol–water partition coefficient (Wildman–Crippen LogP) is 6.04. The van der Waals surface area contributed by atoms with Crippen LogP contribution in [0.3, 0.4) is 0 Å². The van der Waals surface area contributed by atoms with Crippen molar-refractivity contribution in [1.82, 2.24) is 0 Å². The Bertz CT molecular complexity index is 810. The number of fused-ring (bicyclic) bond motifs is 1. The highest BCUT2D eigenvalue weighted by Crippen LogP contribution is 2.41. The number of aromatic hydroxyl groups is 1. The number of carbonyl (C=O) groups is 1. The van der Waals surface area contributed by atoms with Gasteiger partial charge in [0.05, 0.1) is 5.56 Å². The molecule has 0 amide bonds. The number of hydrogen-bond donors (Lipinski definition) is 2. The molecule has 0 saturated heterocycles. The number of phenols is 1. The van der Waals surface area contributed by atoms with E-state index in [2.05, 4.69) is 32.9 Å². The monoisotopic (exact) mass is 370 g/mol. The minimum absolute atomic E-state index is 0.0690. The lowest BCUT2D eigenvalue weighted by Crippen LogP contribution is -2.31. The normalized spacial score (nSPS) is 18.6. The first-order chi connectivity index (χ1) is 12.6. The molecule has 1 aromatic carbocycles. The Morgan fingerprint density at radius 2 is 1.93 bits per heavy atom. The van der Waals surface area contributed by atoms with Crippen LogP contribution in [0.25, 0.3) is 6.08 Å². The Morgan fingerprint density at radius 1 is 1.22 bits per heavy atom. The Kier molecular flexibility index (Phi) is 6.53. The Labute approximate surface area is 161 Å². The van der Waals surface area contributed by atoms with Crippen molar-refractivity contribution < 1.29 is 19.7 Å². The van der Waals surface area contributed by atoms with Gasteiger partial charge in [-0.3, -0.25) is 0 Å². The van der Waals surface area contributed by atoms with Crippen LogP contribution >= 0.6 is 0 Å². The molecule has 2 rings (SSSR count). The summed E-state index contributed by atoms with van der Waals surface area (Å²) in [5.74, 6) is -0.835. The van der Waals surface area contributed by atoms with E-state index in [1.807, 2.05) is 13.0 Å². The molecule has 1 heterocycles. The summed E-state index contributed by atoms with van der Waals surface area (Å²) in [4.78, 5) is 11.3. The van der Waals surface area contributed by atoms with Crippen LogP contribution in [0.15, 0.2) is 35.4 Å². The van der Waals surface area contributed by atoms with E-state index in [0.717, 1.165) is 25.7 Å². The fourth-order valence-electron chi connectivity index (χ4n) is 3.28. The van der Waals surface area contributed by atoms with Crippen molar-refractivity contribution in [2.24, 2.45) is 0 Å². The average molecular weight is 370 g/mol. The van der Waals surface area contributed by atoms with Crippen LogP contribution in [-0.2, 0) is 0 Å². The number of carboxylic acid groups (broad SMARTS) is 1. The van der Waals surface area contributed by atoms with Crippen LogP contribution in [0, 0.1) is 6.92 Å². The largest absolute Gasteiger partial charge is 0.506 e. The summed E-state index contributed by atoms with van der Waals surface area (Å²) in [5.41, 5.74) is 3.10. The molecule has 1 aliphatic rings. The lowest BCUT2D eigenvalue weighted by Gasteiger charge is -2.32. The van der Waals surface area contributed by atoms with Gasteiger partial charge in [0.25, 0.3) is 0 Å². The summed E-state index contributed by atoms with van der Waals surface area (Å²) in [6.45, 7) is 10.1. The maximum atomic E-state index is 11.3. The van der Waals surface area contributed by atoms with E-state index >= 15 is 0 Å². The maximum absolute atomic E-state index is 11.3. The van der Waals surface area contributed by atoms with Crippen LogP contribution in [0.2, 0.25) is 0 Å². The van der Waals surface area contributed by atoms with Gasteiger partial charge in [-0.2, -0.15) is 0 Å². The van der Waals surface area contributed by atoms with Gasteiger partial charge in [0.1, 0.15) is 22.7 Å². The zero-order valence-electron chi connectivity index (χ0n) is 16.9. The fraction of sp³-hybridized carbons (Fsp3) is 0.435. The molecule has 0 unspecified atom stereocenters. The summed E-state index contributed by atoms with van der Waals surface area (Å²) in [5, 5.41) is 19.6. The molecule has 0 fully saturated rings. The third kappa shape index (κ3) is 5.25. The SMILES string of the molecule is CC(C)=CCC/C(C)=C\CC[C@@]1(C)C=Cc2c(cc(C)c(C(=O)O)c2O)O1. The molecule has 4 nitrogen and oxygen atoms in total. The van der Waals surface area contributed by atoms with Gasteiger partial charge < -0.3 is 14.9 Å². The smallest absolute Gasteiger partial charge is 0.339 e. The summed E-state index contributed by atoms with van der Waals surface area (Å²) in [6, 6.07) is 1.70. The molecule has 0 aromatic heterocycles. The third-order valence-corrected chi connectivity index (χ3v) is 4.88. The Morgan fingerprint density at radius 3 is 2.56 bits per heavy atom. The van der Waals surface area contributed by atoms with E-state index in [0.29, 0.717) is 16.9 Å². The van der Waals surface area contributed by atoms with Crippen LogP contribution in [-0.4, -0.2) is 21.8 Å². The number of rotatable bonds is 7. The molecule has 0 aliphatic carbocycles. The van der Waals surface area contributed by atoms with E-state index in [1.165, 1.54) is 11.1 Å². The lowest BCUT2D eigenvalue weighted by atomic mass is 9.92. The van der Waals surface area contributed by atoms with E-state index in [4.69, 9.17) is 4.74 Å².